The highest BCUT2D eigenvalue weighted by Gasteiger charge is 2.08. The largest absolute Gasteiger partial charge is 0.350 e. The summed E-state index contributed by atoms with van der Waals surface area (Å²) in [4.78, 5) is 11.9. The molecule has 0 aliphatic carbocycles. The topological polar surface area (TPSA) is 66.9 Å². The molecule has 0 radical (unpaired) electrons. The number of nitrogens with zero attached hydrogens (tertiary/aromatic N) is 2. The minimum atomic E-state index is -0.194. The van der Waals surface area contributed by atoms with E-state index in [9.17, 15) is 4.79 Å². The van der Waals surface area contributed by atoms with Crippen molar-refractivity contribution in [2.75, 3.05) is 11.9 Å². The predicted octanol–water partition coefficient (Wildman–Crippen LogP) is 3.17. The van der Waals surface area contributed by atoms with E-state index < -0.39 is 0 Å². The SMILES string of the molecule is CCc1ccc(Nc2ccc(C(=O)NCC(C)C)nn2)cc1. The fourth-order valence-electron chi connectivity index (χ4n) is 1.88. The van der Waals surface area contributed by atoms with Crippen LogP contribution in [0.2, 0.25) is 0 Å². The van der Waals surface area contributed by atoms with E-state index in [1.54, 1.807) is 12.1 Å². The molecule has 1 heterocycles. The summed E-state index contributed by atoms with van der Waals surface area (Å²) in [5.74, 6) is 0.827. The first-order chi connectivity index (χ1) is 10.6. The number of benzene rings is 1. The number of aromatic nitrogens is 2. The van der Waals surface area contributed by atoms with Crippen LogP contribution in [0.3, 0.4) is 0 Å². The summed E-state index contributed by atoms with van der Waals surface area (Å²) >= 11 is 0. The van der Waals surface area contributed by atoms with Crippen molar-refractivity contribution in [3.8, 4) is 0 Å². The molecule has 0 saturated carbocycles. The van der Waals surface area contributed by atoms with Gasteiger partial charge < -0.3 is 10.6 Å². The van der Waals surface area contributed by atoms with Crippen LogP contribution in [0.5, 0.6) is 0 Å². The molecule has 0 aliphatic heterocycles. The summed E-state index contributed by atoms with van der Waals surface area (Å²) in [7, 11) is 0. The molecule has 0 atom stereocenters. The van der Waals surface area contributed by atoms with Crippen molar-refractivity contribution >= 4 is 17.4 Å². The average molecular weight is 298 g/mol. The van der Waals surface area contributed by atoms with Crippen LogP contribution in [0.4, 0.5) is 11.5 Å². The molecule has 2 rings (SSSR count). The number of anilines is 2. The molecule has 0 unspecified atom stereocenters. The first-order valence-electron chi connectivity index (χ1n) is 7.56. The summed E-state index contributed by atoms with van der Waals surface area (Å²) < 4.78 is 0. The molecule has 0 aliphatic rings. The third-order valence-electron chi connectivity index (χ3n) is 3.20. The number of carbonyl (C=O) groups excluding carboxylic acids is 1. The Labute approximate surface area is 131 Å². The maximum Gasteiger partial charge on any atom is 0.271 e. The number of rotatable bonds is 6. The second-order valence-corrected chi connectivity index (χ2v) is 5.58. The molecule has 1 aromatic carbocycles. The predicted molar refractivity (Wildman–Crippen MR) is 88.3 cm³/mol. The van der Waals surface area contributed by atoms with Crippen molar-refractivity contribution in [1.29, 1.82) is 0 Å². The monoisotopic (exact) mass is 298 g/mol. The molecule has 2 aromatic rings. The lowest BCUT2D eigenvalue weighted by atomic mass is 10.1. The molecule has 0 fully saturated rings. The zero-order chi connectivity index (χ0) is 15.9. The van der Waals surface area contributed by atoms with Gasteiger partial charge in [0.15, 0.2) is 11.5 Å². The standard InChI is InChI=1S/C17H22N4O/c1-4-13-5-7-14(8-6-13)19-16-10-9-15(20-21-16)17(22)18-11-12(2)3/h5-10,12H,4,11H2,1-3H3,(H,18,22)(H,19,21). The van der Waals surface area contributed by atoms with E-state index in [1.165, 1.54) is 5.56 Å². The lowest BCUT2D eigenvalue weighted by Gasteiger charge is -2.08. The molecule has 0 saturated heterocycles. The van der Waals surface area contributed by atoms with Crippen molar-refractivity contribution in [1.82, 2.24) is 15.5 Å². The maximum atomic E-state index is 11.9. The Hall–Kier alpha value is -2.43. The smallest absolute Gasteiger partial charge is 0.271 e. The summed E-state index contributed by atoms with van der Waals surface area (Å²) in [6.07, 6.45) is 1.01. The first kappa shape index (κ1) is 15.9. The van der Waals surface area contributed by atoms with Crippen molar-refractivity contribution in [3.05, 3.63) is 47.7 Å². The van der Waals surface area contributed by atoms with E-state index in [0.717, 1.165) is 12.1 Å². The minimum Gasteiger partial charge on any atom is -0.350 e. The maximum absolute atomic E-state index is 11.9. The molecule has 2 N–H and O–H groups in total. The van der Waals surface area contributed by atoms with Gasteiger partial charge in [0.2, 0.25) is 0 Å². The van der Waals surface area contributed by atoms with Gasteiger partial charge in [0.25, 0.3) is 5.91 Å². The van der Waals surface area contributed by atoms with Crippen LogP contribution in [0.1, 0.15) is 36.8 Å². The quantitative estimate of drug-likeness (QED) is 0.859. The zero-order valence-corrected chi connectivity index (χ0v) is 13.3. The summed E-state index contributed by atoms with van der Waals surface area (Å²) in [6.45, 7) is 6.84. The Morgan fingerprint density at radius 3 is 2.36 bits per heavy atom. The highest BCUT2D eigenvalue weighted by molar-refractivity contribution is 5.92. The van der Waals surface area contributed by atoms with E-state index in [0.29, 0.717) is 24.0 Å². The Kier molecular flexibility index (Phi) is 5.47. The Balaban J connectivity index is 1.97. The Morgan fingerprint density at radius 1 is 1.09 bits per heavy atom. The van der Waals surface area contributed by atoms with E-state index in [-0.39, 0.29) is 5.91 Å². The minimum absolute atomic E-state index is 0.194. The normalized spacial score (nSPS) is 10.5. The van der Waals surface area contributed by atoms with Gasteiger partial charge in [0, 0.05) is 12.2 Å². The summed E-state index contributed by atoms with van der Waals surface area (Å²) in [5.41, 5.74) is 2.56. The molecule has 0 spiro atoms. The van der Waals surface area contributed by atoms with Crippen LogP contribution in [0.25, 0.3) is 0 Å². The van der Waals surface area contributed by atoms with Crippen LogP contribution in [-0.4, -0.2) is 22.6 Å². The number of carbonyl (C=O) groups is 1. The molecule has 22 heavy (non-hydrogen) atoms. The highest BCUT2D eigenvalue weighted by Crippen LogP contribution is 2.15. The number of aryl methyl sites for hydroxylation is 1. The van der Waals surface area contributed by atoms with E-state index in [2.05, 4.69) is 39.9 Å². The van der Waals surface area contributed by atoms with Gasteiger partial charge in [0.1, 0.15) is 0 Å². The van der Waals surface area contributed by atoms with Crippen LogP contribution < -0.4 is 10.6 Å². The summed E-state index contributed by atoms with van der Waals surface area (Å²) in [6, 6.07) is 11.6. The van der Waals surface area contributed by atoms with Crippen LogP contribution in [0, 0.1) is 5.92 Å². The summed E-state index contributed by atoms with van der Waals surface area (Å²) in [5, 5.41) is 14.0. The fraction of sp³-hybridized carbons (Fsp3) is 0.353. The van der Waals surface area contributed by atoms with E-state index in [1.807, 2.05) is 26.0 Å². The third-order valence-corrected chi connectivity index (χ3v) is 3.20. The second kappa shape index (κ2) is 7.54. The van der Waals surface area contributed by atoms with Gasteiger partial charge in [-0.2, -0.15) is 0 Å². The number of hydrogen-bond acceptors (Lipinski definition) is 4. The van der Waals surface area contributed by atoms with Crippen LogP contribution >= 0.6 is 0 Å². The molecular weight excluding hydrogens is 276 g/mol. The highest BCUT2D eigenvalue weighted by atomic mass is 16.1. The first-order valence-corrected chi connectivity index (χ1v) is 7.56. The molecule has 0 bridgehead atoms. The van der Waals surface area contributed by atoms with Crippen molar-refractivity contribution in [2.45, 2.75) is 27.2 Å². The average Bonchev–Trinajstić information content (AvgIpc) is 2.54. The lowest BCUT2D eigenvalue weighted by Crippen LogP contribution is -2.28. The molecule has 5 nitrogen and oxygen atoms in total. The van der Waals surface area contributed by atoms with Gasteiger partial charge in [-0.15, -0.1) is 10.2 Å². The van der Waals surface area contributed by atoms with Crippen molar-refractivity contribution in [2.24, 2.45) is 5.92 Å². The van der Waals surface area contributed by atoms with E-state index >= 15 is 0 Å². The molecule has 1 aromatic heterocycles. The van der Waals surface area contributed by atoms with Gasteiger partial charge in [-0.1, -0.05) is 32.9 Å². The third kappa shape index (κ3) is 4.55. The molecular formula is C17H22N4O. The second-order valence-electron chi connectivity index (χ2n) is 5.58. The van der Waals surface area contributed by atoms with Gasteiger partial charge in [-0.3, -0.25) is 4.79 Å². The van der Waals surface area contributed by atoms with Crippen molar-refractivity contribution < 1.29 is 4.79 Å². The van der Waals surface area contributed by atoms with Crippen LogP contribution in [-0.2, 0) is 6.42 Å². The Morgan fingerprint density at radius 2 is 1.82 bits per heavy atom. The molecule has 1 amide bonds. The lowest BCUT2D eigenvalue weighted by molar-refractivity contribution is 0.0943. The van der Waals surface area contributed by atoms with Gasteiger partial charge in [-0.05, 0) is 42.2 Å². The molecule has 5 heteroatoms. The van der Waals surface area contributed by atoms with Gasteiger partial charge in [0.05, 0.1) is 0 Å². The zero-order valence-electron chi connectivity index (χ0n) is 13.3. The van der Waals surface area contributed by atoms with Gasteiger partial charge >= 0.3 is 0 Å². The Bertz CT molecular complexity index is 606. The number of nitrogens with one attached hydrogen (secondary N) is 2. The number of hydrogen-bond donors (Lipinski definition) is 2. The molecule has 116 valence electrons. The van der Waals surface area contributed by atoms with Gasteiger partial charge in [-0.25, -0.2) is 0 Å². The van der Waals surface area contributed by atoms with Crippen molar-refractivity contribution in [3.63, 3.8) is 0 Å². The van der Waals surface area contributed by atoms with E-state index in [4.69, 9.17) is 0 Å². The number of amides is 1. The fourth-order valence-corrected chi connectivity index (χ4v) is 1.88. The van der Waals surface area contributed by atoms with Crippen LogP contribution in [0.15, 0.2) is 36.4 Å².